The zero-order valence-corrected chi connectivity index (χ0v) is 14.0. The molecule has 1 aliphatic heterocycles. The molecule has 1 aromatic rings. The predicted octanol–water partition coefficient (Wildman–Crippen LogP) is -2.27. The minimum Gasteiger partial charge on any atom is -0.396 e. The van der Waals surface area contributed by atoms with E-state index < -0.39 is 42.3 Å². The monoisotopic (exact) mass is 362 g/mol. The van der Waals surface area contributed by atoms with Gasteiger partial charge in [0.1, 0.15) is 29.8 Å². The number of aliphatic hydroxyl groups excluding tert-OH is 4. The molecule has 1 fully saturated rings. The third-order valence-electron chi connectivity index (χ3n) is 3.75. The topological polar surface area (TPSA) is 150 Å². The Hall–Kier alpha value is -1.24. The number of nitrogens with one attached hydrogen (secondary N) is 1. The summed E-state index contributed by atoms with van der Waals surface area (Å²) in [6.07, 6.45) is 0.304. The largest absolute Gasteiger partial charge is 0.396 e. The van der Waals surface area contributed by atoms with Crippen molar-refractivity contribution in [2.45, 2.75) is 36.2 Å². The maximum atomic E-state index is 11.9. The molecule has 11 heteroatoms. The van der Waals surface area contributed by atoms with Crippen molar-refractivity contribution in [1.29, 1.82) is 0 Å². The summed E-state index contributed by atoms with van der Waals surface area (Å²) >= 11 is 1.24. The summed E-state index contributed by atoms with van der Waals surface area (Å²) in [5, 5.41) is 48.9. The van der Waals surface area contributed by atoms with Gasteiger partial charge < -0.3 is 30.5 Å². The smallest absolute Gasteiger partial charge is 0.273 e. The van der Waals surface area contributed by atoms with E-state index in [4.69, 9.17) is 9.84 Å². The van der Waals surface area contributed by atoms with Gasteiger partial charge in [0.25, 0.3) is 5.91 Å². The number of nitrogens with zero attached hydrogens (tertiary/aromatic N) is 3. The number of amides is 1. The van der Waals surface area contributed by atoms with Crippen LogP contribution in [-0.4, -0.2) is 91.1 Å². The molecule has 10 nitrogen and oxygen atoms in total. The molecule has 2 unspecified atom stereocenters. The summed E-state index contributed by atoms with van der Waals surface area (Å²) in [5.41, 5.74) is -0.623. The Morgan fingerprint density at radius 1 is 1.42 bits per heavy atom. The molecule has 136 valence electrons. The molecule has 1 saturated heterocycles. The highest BCUT2D eigenvalue weighted by Crippen LogP contribution is 2.33. The molecule has 5 N–H and O–H groups in total. The van der Waals surface area contributed by atoms with Crippen LogP contribution in [0.5, 0.6) is 0 Å². The van der Waals surface area contributed by atoms with Crippen LogP contribution in [-0.2, 0) is 4.74 Å². The minimum atomic E-state index is -1.21. The van der Waals surface area contributed by atoms with Crippen LogP contribution in [0.4, 0.5) is 0 Å². The first-order valence-electron chi connectivity index (χ1n) is 7.49. The molecule has 5 atom stereocenters. The van der Waals surface area contributed by atoms with E-state index in [0.717, 1.165) is 0 Å². The molecule has 2 rings (SSSR count). The van der Waals surface area contributed by atoms with E-state index in [-0.39, 0.29) is 12.3 Å². The predicted molar refractivity (Wildman–Crippen MR) is 84.4 cm³/mol. The Labute approximate surface area is 142 Å². The number of thioether (sulfide) groups is 1. The van der Waals surface area contributed by atoms with Crippen molar-refractivity contribution in [1.82, 2.24) is 20.3 Å². The van der Waals surface area contributed by atoms with E-state index >= 15 is 0 Å². The number of aromatic nitrogens is 3. The molecule has 0 aromatic carbocycles. The average Bonchev–Trinajstić information content (AvgIpc) is 3.05. The Bertz CT molecular complexity index is 528. The summed E-state index contributed by atoms with van der Waals surface area (Å²) in [6, 6.07) is -0.903. The van der Waals surface area contributed by atoms with Crippen LogP contribution in [0.25, 0.3) is 0 Å². The van der Waals surface area contributed by atoms with Gasteiger partial charge in [0.2, 0.25) is 0 Å². The fraction of sp³-hybridized carbons (Fsp3) is 0.769. The second-order valence-electron chi connectivity index (χ2n) is 5.35. The fourth-order valence-electron chi connectivity index (χ4n) is 2.47. The number of aliphatic hydroxyl groups is 4. The Morgan fingerprint density at radius 2 is 2.17 bits per heavy atom. The lowest BCUT2D eigenvalue weighted by Crippen LogP contribution is -2.54. The van der Waals surface area contributed by atoms with Gasteiger partial charge >= 0.3 is 0 Å². The van der Waals surface area contributed by atoms with E-state index in [1.807, 2.05) is 0 Å². The quantitative estimate of drug-likeness (QED) is 0.338. The van der Waals surface area contributed by atoms with Crippen molar-refractivity contribution in [3.8, 4) is 0 Å². The highest BCUT2D eigenvalue weighted by atomic mass is 32.2. The van der Waals surface area contributed by atoms with Crippen molar-refractivity contribution in [2.24, 2.45) is 0 Å². The zero-order chi connectivity index (χ0) is 17.7. The van der Waals surface area contributed by atoms with Crippen molar-refractivity contribution in [2.75, 3.05) is 26.0 Å². The minimum absolute atomic E-state index is 0.0279. The molecule has 24 heavy (non-hydrogen) atoms. The number of hydrogen-bond acceptors (Lipinski definition) is 9. The maximum absolute atomic E-state index is 11.9. The van der Waals surface area contributed by atoms with Gasteiger partial charge in [-0.3, -0.25) is 4.79 Å². The van der Waals surface area contributed by atoms with Crippen molar-refractivity contribution in [3.05, 3.63) is 11.9 Å². The summed E-state index contributed by atoms with van der Waals surface area (Å²) in [4.78, 5) is 11.9. The van der Waals surface area contributed by atoms with Gasteiger partial charge in [0.15, 0.2) is 5.69 Å². The fourth-order valence-corrected chi connectivity index (χ4v) is 3.17. The van der Waals surface area contributed by atoms with Crippen LogP contribution >= 0.6 is 11.8 Å². The highest BCUT2D eigenvalue weighted by Gasteiger charge is 2.45. The standard InChI is InChI=1S/C13H22N4O6S/c1-24-13-11(21)9(10(20)8(6-19)23-13)17-5-7(15-16-17)12(22)14-3-2-4-18/h5,8-11,13,18-21H,2-4,6H2,1H3,(H,14,22)/t8?,9-,10-,11?,13-/m0/s1. The Balaban J connectivity index is 2.15. The zero-order valence-electron chi connectivity index (χ0n) is 13.1. The summed E-state index contributed by atoms with van der Waals surface area (Å²) in [6.45, 7) is -0.150. The van der Waals surface area contributed by atoms with Gasteiger partial charge in [-0.15, -0.1) is 16.9 Å². The molecule has 1 amide bonds. The molecule has 0 bridgehead atoms. The first-order valence-corrected chi connectivity index (χ1v) is 8.78. The number of rotatable bonds is 7. The summed E-state index contributed by atoms with van der Waals surface area (Å²) < 4.78 is 6.64. The van der Waals surface area contributed by atoms with Crippen LogP contribution in [0.15, 0.2) is 6.20 Å². The van der Waals surface area contributed by atoms with Gasteiger partial charge in [0, 0.05) is 13.2 Å². The maximum Gasteiger partial charge on any atom is 0.273 e. The SMILES string of the molecule is CS[C@@H]1OC(CO)[C@H](O)[C@H](n2cc(C(=O)NCCCO)nn2)C1O. The highest BCUT2D eigenvalue weighted by molar-refractivity contribution is 7.99. The number of ether oxygens (including phenoxy) is 1. The average molecular weight is 362 g/mol. The van der Waals surface area contributed by atoms with Crippen LogP contribution < -0.4 is 5.32 Å². The molecule has 1 aliphatic rings. The second kappa shape index (κ2) is 8.74. The second-order valence-corrected chi connectivity index (χ2v) is 6.29. The lowest BCUT2D eigenvalue weighted by atomic mass is 9.97. The lowest BCUT2D eigenvalue weighted by molar-refractivity contribution is -0.178. The molecule has 2 heterocycles. The molecule has 0 aliphatic carbocycles. The Morgan fingerprint density at radius 3 is 2.79 bits per heavy atom. The lowest BCUT2D eigenvalue weighted by Gasteiger charge is -2.41. The number of hydrogen-bond donors (Lipinski definition) is 5. The van der Waals surface area contributed by atoms with Crippen molar-refractivity contribution in [3.63, 3.8) is 0 Å². The molecular weight excluding hydrogens is 340 g/mol. The first-order chi connectivity index (χ1) is 11.5. The third kappa shape index (κ3) is 4.05. The van der Waals surface area contributed by atoms with Crippen molar-refractivity contribution >= 4 is 17.7 Å². The van der Waals surface area contributed by atoms with Gasteiger partial charge in [-0.2, -0.15) is 0 Å². The molecule has 1 aromatic heterocycles. The van der Waals surface area contributed by atoms with E-state index in [2.05, 4.69) is 15.6 Å². The van der Waals surface area contributed by atoms with Crippen LogP contribution in [0.2, 0.25) is 0 Å². The third-order valence-corrected chi connectivity index (χ3v) is 4.60. The van der Waals surface area contributed by atoms with E-state index in [1.54, 1.807) is 6.26 Å². The summed E-state index contributed by atoms with van der Waals surface area (Å²) in [5.74, 6) is -0.467. The van der Waals surface area contributed by atoms with Crippen LogP contribution in [0, 0.1) is 0 Å². The van der Waals surface area contributed by atoms with Gasteiger partial charge in [0.05, 0.1) is 12.8 Å². The molecular formula is C13H22N4O6S. The Kier molecular flexibility index (Phi) is 6.95. The normalized spacial score (nSPS) is 30.3. The van der Waals surface area contributed by atoms with Gasteiger partial charge in [-0.25, -0.2) is 4.68 Å². The van der Waals surface area contributed by atoms with Crippen molar-refractivity contribution < 1.29 is 30.0 Å². The van der Waals surface area contributed by atoms with E-state index in [1.165, 1.54) is 22.6 Å². The molecule has 0 radical (unpaired) electrons. The number of carbonyl (C=O) groups excluding carboxylic acids is 1. The molecule has 0 saturated carbocycles. The molecule has 0 spiro atoms. The van der Waals surface area contributed by atoms with Crippen LogP contribution in [0.1, 0.15) is 23.0 Å². The first kappa shape index (κ1) is 19.1. The number of carbonyl (C=O) groups is 1. The summed E-state index contributed by atoms with van der Waals surface area (Å²) in [7, 11) is 0. The van der Waals surface area contributed by atoms with Crippen LogP contribution in [0.3, 0.4) is 0 Å². The van der Waals surface area contributed by atoms with Gasteiger partial charge in [-0.05, 0) is 12.7 Å². The van der Waals surface area contributed by atoms with Gasteiger partial charge in [-0.1, -0.05) is 5.21 Å². The van der Waals surface area contributed by atoms with E-state index in [9.17, 15) is 20.1 Å². The van der Waals surface area contributed by atoms with E-state index in [0.29, 0.717) is 13.0 Å².